The number of esters is 1. The molecule has 0 saturated heterocycles. The number of carbonyl (C=O) groups is 2. The van der Waals surface area contributed by atoms with E-state index >= 15 is 0 Å². The van der Waals surface area contributed by atoms with Crippen molar-refractivity contribution in [2.24, 2.45) is 0 Å². The fraction of sp³-hybridized carbons (Fsp3) is 0.379. The minimum absolute atomic E-state index is 0.0433. The molecule has 0 saturated carbocycles. The van der Waals surface area contributed by atoms with E-state index in [0.717, 1.165) is 11.3 Å². The number of methoxy groups -OCH3 is 2. The zero-order valence-corrected chi connectivity index (χ0v) is 21.4. The summed E-state index contributed by atoms with van der Waals surface area (Å²) in [6.45, 7) is 5.62. The van der Waals surface area contributed by atoms with Crippen molar-refractivity contribution >= 4 is 11.8 Å². The predicted molar refractivity (Wildman–Crippen MR) is 136 cm³/mol. The number of Topliss-reactive ketones (excluding diaryl/α,β-unsaturated/α-hetero) is 1. The van der Waals surface area contributed by atoms with Crippen LogP contribution in [0.5, 0.6) is 17.2 Å². The van der Waals surface area contributed by atoms with Gasteiger partial charge >= 0.3 is 5.97 Å². The lowest BCUT2D eigenvalue weighted by atomic mass is 9.71. The molecule has 0 fully saturated rings. The average molecular weight is 492 g/mol. The second-order valence-electron chi connectivity index (χ2n) is 9.35. The molecule has 0 aromatic heterocycles. The summed E-state index contributed by atoms with van der Waals surface area (Å²) in [5, 5.41) is 13.5. The monoisotopic (exact) mass is 491 g/mol. The van der Waals surface area contributed by atoms with Crippen LogP contribution in [0.25, 0.3) is 0 Å². The number of hydrogen-bond acceptors (Lipinski definition) is 7. The normalized spacial score (nSPS) is 20.4. The van der Waals surface area contributed by atoms with Crippen molar-refractivity contribution in [1.29, 1.82) is 0 Å². The maximum Gasteiger partial charge on any atom is 0.337 e. The number of phenolic OH excluding ortho intramolecular Hbond substituents is 1. The first-order chi connectivity index (χ1) is 17.3. The molecule has 3 atom stereocenters. The highest BCUT2D eigenvalue weighted by Gasteiger charge is 2.41. The number of phenols is 1. The molecule has 1 aliphatic heterocycles. The van der Waals surface area contributed by atoms with Gasteiger partial charge in [-0.1, -0.05) is 25.1 Å². The van der Waals surface area contributed by atoms with E-state index < -0.39 is 11.9 Å². The first-order valence-corrected chi connectivity index (χ1v) is 12.2. The van der Waals surface area contributed by atoms with Gasteiger partial charge in [0.25, 0.3) is 0 Å². The van der Waals surface area contributed by atoms with Crippen molar-refractivity contribution in [3.8, 4) is 17.2 Å². The van der Waals surface area contributed by atoms with Crippen molar-refractivity contribution in [3.63, 3.8) is 0 Å². The first-order valence-electron chi connectivity index (χ1n) is 12.2. The minimum Gasteiger partial charge on any atom is -0.508 e. The van der Waals surface area contributed by atoms with Gasteiger partial charge in [0.1, 0.15) is 5.75 Å². The number of ketones is 1. The largest absolute Gasteiger partial charge is 0.508 e. The summed E-state index contributed by atoms with van der Waals surface area (Å²) < 4.78 is 16.5. The molecule has 2 aliphatic rings. The number of benzene rings is 2. The van der Waals surface area contributed by atoms with Gasteiger partial charge in [-0.3, -0.25) is 4.79 Å². The second-order valence-corrected chi connectivity index (χ2v) is 9.35. The van der Waals surface area contributed by atoms with Gasteiger partial charge in [-0.05, 0) is 68.0 Å². The predicted octanol–water partition coefficient (Wildman–Crippen LogP) is 5.11. The third-order valence-corrected chi connectivity index (χ3v) is 7.01. The Morgan fingerprint density at radius 2 is 1.83 bits per heavy atom. The van der Waals surface area contributed by atoms with E-state index in [2.05, 4.69) is 5.32 Å². The van der Waals surface area contributed by atoms with Crippen LogP contribution in [0.4, 0.5) is 0 Å². The summed E-state index contributed by atoms with van der Waals surface area (Å²) >= 11 is 0. The van der Waals surface area contributed by atoms with Gasteiger partial charge in [0.05, 0.1) is 25.9 Å². The van der Waals surface area contributed by atoms with E-state index in [-0.39, 0.29) is 30.0 Å². The minimum atomic E-state index is -0.622. The van der Waals surface area contributed by atoms with Crippen LogP contribution in [0.2, 0.25) is 0 Å². The Balaban J connectivity index is 1.76. The Kier molecular flexibility index (Phi) is 7.38. The third kappa shape index (κ3) is 4.83. The van der Waals surface area contributed by atoms with E-state index in [1.165, 1.54) is 0 Å². The SMILES string of the molecule is CC[C@@H](C)OC(=O)C1=C(C)NC2=C(C(=O)C[C@H](c3ccc(OC)c(OC)c3)C2)[C@@H]1c1cccc(O)c1. The lowest BCUT2D eigenvalue weighted by molar-refractivity contribution is -0.144. The molecule has 36 heavy (non-hydrogen) atoms. The Bertz CT molecular complexity index is 1240. The molecule has 190 valence electrons. The summed E-state index contributed by atoms with van der Waals surface area (Å²) in [5.41, 5.74) is 4.05. The lowest BCUT2D eigenvalue weighted by Gasteiger charge is -2.37. The first kappa shape index (κ1) is 25.4. The standard InChI is InChI=1S/C29H33NO6/c1-6-16(2)36-29(33)26-17(3)30-22-13-20(18-10-11-24(34-4)25(15-18)35-5)14-23(32)28(22)27(26)19-8-7-9-21(31)12-19/h7-12,15-16,20,27,30-31H,6,13-14H2,1-5H3/t16-,20-,27-/m1/s1. The van der Waals surface area contributed by atoms with Crippen LogP contribution in [0, 0.1) is 0 Å². The maximum absolute atomic E-state index is 13.7. The highest BCUT2D eigenvalue weighted by molar-refractivity contribution is 6.04. The van der Waals surface area contributed by atoms with Crippen LogP contribution in [0.3, 0.4) is 0 Å². The number of dihydropyridines is 1. The molecule has 0 amide bonds. The van der Waals surface area contributed by atoms with Gasteiger partial charge in [0, 0.05) is 29.3 Å². The molecule has 0 bridgehead atoms. The van der Waals surface area contributed by atoms with Gasteiger partial charge in [-0.2, -0.15) is 0 Å². The average Bonchev–Trinajstić information content (AvgIpc) is 2.86. The molecule has 7 heteroatoms. The summed E-state index contributed by atoms with van der Waals surface area (Å²) in [6.07, 6.45) is 1.31. The fourth-order valence-corrected chi connectivity index (χ4v) is 5.02. The molecular formula is C29H33NO6. The highest BCUT2D eigenvalue weighted by Crippen LogP contribution is 2.47. The smallest absolute Gasteiger partial charge is 0.337 e. The summed E-state index contributed by atoms with van der Waals surface area (Å²) in [7, 11) is 3.18. The quantitative estimate of drug-likeness (QED) is 0.520. The molecule has 0 radical (unpaired) electrons. The Morgan fingerprint density at radius 1 is 1.08 bits per heavy atom. The molecule has 1 heterocycles. The molecule has 4 rings (SSSR count). The summed E-state index contributed by atoms with van der Waals surface area (Å²) in [4.78, 5) is 27.0. The van der Waals surface area contributed by atoms with Gasteiger partial charge in [0.15, 0.2) is 17.3 Å². The summed E-state index contributed by atoms with van der Waals surface area (Å²) in [5.74, 6) is 0.140. The van der Waals surface area contributed by atoms with Crippen LogP contribution in [-0.4, -0.2) is 37.2 Å². The van der Waals surface area contributed by atoms with Crippen LogP contribution in [0.15, 0.2) is 65.0 Å². The third-order valence-electron chi connectivity index (χ3n) is 7.01. The fourth-order valence-electron chi connectivity index (χ4n) is 5.02. The van der Waals surface area contributed by atoms with Gasteiger partial charge in [-0.15, -0.1) is 0 Å². The van der Waals surface area contributed by atoms with E-state index in [1.54, 1.807) is 32.4 Å². The second kappa shape index (κ2) is 10.5. The Morgan fingerprint density at radius 3 is 2.50 bits per heavy atom. The van der Waals surface area contributed by atoms with Crippen molar-refractivity contribution in [1.82, 2.24) is 5.32 Å². The van der Waals surface area contributed by atoms with E-state index in [0.29, 0.717) is 46.7 Å². The van der Waals surface area contributed by atoms with Crippen LogP contribution in [0.1, 0.15) is 63.0 Å². The number of ether oxygens (including phenoxy) is 3. The van der Waals surface area contributed by atoms with Gasteiger partial charge in [-0.25, -0.2) is 4.79 Å². The van der Waals surface area contributed by atoms with E-state index in [4.69, 9.17) is 14.2 Å². The molecule has 2 N–H and O–H groups in total. The van der Waals surface area contributed by atoms with Crippen molar-refractivity contribution in [2.75, 3.05) is 14.2 Å². The van der Waals surface area contributed by atoms with E-state index in [1.807, 2.05) is 45.0 Å². The zero-order chi connectivity index (χ0) is 26.0. The molecule has 1 aliphatic carbocycles. The Labute approximate surface area is 211 Å². The van der Waals surface area contributed by atoms with E-state index in [9.17, 15) is 14.7 Å². The molecule has 7 nitrogen and oxygen atoms in total. The molecule has 0 spiro atoms. The molecule has 2 aromatic rings. The lowest BCUT2D eigenvalue weighted by Crippen LogP contribution is -2.36. The number of aromatic hydroxyl groups is 1. The number of nitrogens with one attached hydrogen (secondary N) is 1. The highest BCUT2D eigenvalue weighted by atomic mass is 16.5. The Hall–Kier alpha value is -3.74. The zero-order valence-electron chi connectivity index (χ0n) is 21.4. The van der Waals surface area contributed by atoms with Crippen LogP contribution >= 0.6 is 0 Å². The number of rotatable bonds is 7. The molecule has 0 unspecified atom stereocenters. The maximum atomic E-state index is 13.7. The topological polar surface area (TPSA) is 94.1 Å². The molecular weight excluding hydrogens is 458 g/mol. The van der Waals surface area contributed by atoms with Gasteiger partial charge < -0.3 is 24.6 Å². The number of allylic oxidation sites excluding steroid dienone is 3. The van der Waals surface area contributed by atoms with Crippen molar-refractivity contribution in [3.05, 3.63) is 76.1 Å². The van der Waals surface area contributed by atoms with Crippen molar-refractivity contribution < 1.29 is 28.9 Å². The number of hydrogen-bond donors (Lipinski definition) is 2. The van der Waals surface area contributed by atoms with Crippen LogP contribution in [-0.2, 0) is 14.3 Å². The summed E-state index contributed by atoms with van der Waals surface area (Å²) in [6, 6.07) is 12.5. The van der Waals surface area contributed by atoms with Gasteiger partial charge in [0.2, 0.25) is 0 Å². The van der Waals surface area contributed by atoms with Crippen molar-refractivity contribution in [2.45, 2.75) is 58.0 Å². The van der Waals surface area contributed by atoms with Crippen LogP contribution < -0.4 is 14.8 Å². The number of carbonyl (C=O) groups excluding carboxylic acids is 2. The molecule has 2 aromatic carbocycles.